The van der Waals surface area contributed by atoms with Gasteiger partial charge in [0, 0.05) is 5.25 Å². The van der Waals surface area contributed by atoms with Crippen LogP contribution in [0, 0.1) is 6.92 Å². The zero-order valence-corrected chi connectivity index (χ0v) is 18.1. The number of para-hydroxylation sites is 1. The van der Waals surface area contributed by atoms with Crippen molar-refractivity contribution >= 4 is 38.4 Å². The number of carbonyl (C=O) groups excluding carboxylic acids is 1. The maximum absolute atomic E-state index is 13.6. The van der Waals surface area contributed by atoms with E-state index in [4.69, 9.17) is 0 Å². The summed E-state index contributed by atoms with van der Waals surface area (Å²) in [6.45, 7) is 1.92. The number of benzene rings is 2. The summed E-state index contributed by atoms with van der Waals surface area (Å²) in [5, 5.41) is -0.365. The molecule has 2 aliphatic rings. The predicted molar refractivity (Wildman–Crippen MR) is 115 cm³/mol. The van der Waals surface area contributed by atoms with E-state index in [1.165, 1.54) is 23.1 Å². The first-order valence-electron chi connectivity index (χ1n) is 9.53. The smallest absolute Gasteiger partial charge is 0.315 e. The van der Waals surface area contributed by atoms with Crippen LogP contribution >= 0.6 is 11.8 Å². The van der Waals surface area contributed by atoms with E-state index in [9.17, 15) is 26.4 Å². The van der Waals surface area contributed by atoms with Crippen LogP contribution in [0.3, 0.4) is 0 Å². The lowest BCUT2D eigenvalue weighted by atomic mass is 10.1. The second-order valence-corrected chi connectivity index (χ2v) is 11.0. The van der Waals surface area contributed by atoms with Crippen molar-refractivity contribution in [3.8, 4) is 0 Å². The Balaban J connectivity index is 1.71. The number of rotatable bonds is 3. The molecule has 164 valence electrons. The van der Waals surface area contributed by atoms with E-state index in [0.29, 0.717) is 0 Å². The minimum Gasteiger partial charge on any atom is -0.315 e. The number of fused-ring (bicyclic) bond motifs is 1. The molecule has 0 spiro atoms. The summed E-state index contributed by atoms with van der Waals surface area (Å²) in [7, 11) is -3.38. The summed E-state index contributed by atoms with van der Waals surface area (Å²) >= 11 is 1.06. The fourth-order valence-electron chi connectivity index (χ4n) is 3.80. The first-order chi connectivity index (χ1) is 14.5. The van der Waals surface area contributed by atoms with Crippen LogP contribution in [0.1, 0.15) is 16.7 Å². The highest BCUT2D eigenvalue weighted by molar-refractivity contribution is 8.16. The van der Waals surface area contributed by atoms with Crippen molar-refractivity contribution < 1.29 is 26.4 Å². The lowest BCUT2D eigenvalue weighted by Gasteiger charge is -2.27. The molecule has 0 aliphatic carbocycles. The summed E-state index contributed by atoms with van der Waals surface area (Å²) < 4.78 is 65.2. The van der Waals surface area contributed by atoms with E-state index in [2.05, 4.69) is 4.99 Å². The maximum Gasteiger partial charge on any atom is 0.418 e. The Kier molecular flexibility index (Phi) is 5.63. The number of alkyl halides is 3. The summed E-state index contributed by atoms with van der Waals surface area (Å²) in [4.78, 5) is 18.0. The SMILES string of the molecule is Cc1ccc(CC(=O)N=C2S[C@H]3CS(=O)(=O)C[C@H]3N2c2ccccc2C(F)(F)F)cc1. The standard InChI is InChI=1S/C21H19F3N2O3S2/c1-13-6-8-14(9-7-13)10-19(27)25-20-26(17-11-31(28,29)12-18(17)30-20)16-5-3-2-4-15(16)21(22,23)24/h2-9,17-18H,10-12H2,1H3/t17-,18+/m1/s1. The molecule has 0 bridgehead atoms. The predicted octanol–water partition coefficient (Wildman–Crippen LogP) is 3.86. The number of carbonyl (C=O) groups is 1. The molecule has 2 heterocycles. The number of aliphatic imine (C=N–C) groups is 1. The molecule has 2 aromatic rings. The van der Waals surface area contributed by atoms with E-state index >= 15 is 0 Å². The van der Waals surface area contributed by atoms with Crippen molar-refractivity contribution in [2.75, 3.05) is 16.4 Å². The third kappa shape index (κ3) is 4.64. The quantitative estimate of drug-likeness (QED) is 0.685. The highest BCUT2D eigenvalue weighted by atomic mass is 32.2. The normalized spacial score (nSPS) is 23.9. The van der Waals surface area contributed by atoms with Crippen LogP contribution in [0.5, 0.6) is 0 Å². The van der Waals surface area contributed by atoms with Crippen molar-refractivity contribution in [1.29, 1.82) is 0 Å². The number of aryl methyl sites for hydroxylation is 1. The van der Waals surface area contributed by atoms with E-state index in [-0.39, 0.29) is 28.8 Å². The van der Waals surface area contributed by atoms with Crippen LogP contribution in [0.2, 0.25) is 0 Å². The Labute approximate surface area is 182 Å². The van der Waals surface area contributed by atoms with E-state index in [1.807, 2.05) is 19.1 Å². The second kappa shape index (κ2) is 7.98. The van der Waals surface area contributed by atoms with Gasteiger partial charge in [0.25, 0.3) is 5.91 Å². The first kappa shape index (κ1) is 21.9. The Hall–Kier alpha value is -2.33. The zero-order valence-electron chi connectivity index (χ0n) is 16.5. The van der Waals surface area contributed by atoms with Crippen LogP contribution in [-0.4, -0.2) is 42.3 Å². The number of hydrogen-bond acceptors (Lipinski definition) is 4. The van der Waals surface area contributed by atoms with Gasteiger partial charge in [-0.2, -0.15) is 18.2 Å². The van der Waals surface area contributed by atoms with Crippen molar-refractivity contribution in [3.63, 3.8) is 0 Å². The van der Waals surface area contributed by atoms with Gasteiger partial charge in [-0.3, -0.25) is 4.79 Å². The number of sulfone groups is 1. The number of amides is 1. The molecule has 2 aliphatic heterocycles. The van der Waals surface area contributed by atoms with Crippen LogP contribution in [0.15, 0.2) is 53.5 Å². The number of hydrogen-bond donors (Lipinski definition) is 0. The zero-order chi connectivity index (χ0) is 22.4. The minimum absolute atomic E-state index is 0.00668. The fourth-order valence-corrected chi connectivity index (χ4v) is 7.72. The van der Waals surface area contributed by atoms with Gasteiger partial charge in [-0.05, 0) is 24.6 Å². The van der Waals surface area contributed by atoms with Crippen LogP contribution in [0.4, 0.5) is 18.9 Å². The minimum atomic E-state index is -4.63. The molecule has 10 heteroatoms. The molecule has 4 rings (SSSR count). The molecule has 1 amide bonds. The molecule has 5 nitrogen and oxygen atoms in total. The summed E-state index contributed by atoms with van der Waals surface area (Å²) in [5.74, 6) is -0.927. The molecule has 2 saturated heterocycles. The molecule has 0 aromatic heterocycles. The number of amidine groups is 1. The molecule has 0 radical (unpaired) electrons. The van der Waals surface area contributed by atoms with Gasteiger partial charge in [0.2, 0.25) is 0 Å². The van der Waals surface area contributed by atoms with E-state index < -0.39 is 38.8 Å². The molecular formula is C21H19F3N2O3S2. The maximum atomic E-state index is 13.6. The van der Waals surface area contributed by atoms with Crippen LogP contribution < -0.4 is 4.90 Å². The third-order valence-electron chi connectivity index (χ3n) is 5.23. The molecule has 0 unspecified atom stereocenters. The van der Waals surface area contributed by atoms with Crippen molar-refractivity contribution in [2.24, 2.45) is 4.99 Å². The van der Waals surface area contributed by atoms with Gasteiger partial charge < -0.3 is 4.90 Å². The van der Waals surface area contributed by atoms with Crippen molar-refractivity contribution in [3.05, 3.63) is 65.2 Å². The summed E-state index contributed by atoms with van der Waals surface area (Å²) in [6.07, 6.45) is -4.62. The molecule has 0 N–H and O–H groups in total. The van der Waals surface area contributed by atoms with Crippen LogP contribution in [-0.2, 0) is 27.2 Å². The Bertz CT molecular complexity index is 1150. The molecular weight excluding hydrogens is 449 g/mol. The number of nitrogens with zero attached hydrogens (tertiary/aromatic N) is 2. The summed E-state index contributed by atoms with van der Waals surface area (Å²) in [5.41, 5.74) is 0.707. The van der Waals surface area contributed by atoms with Crippen molar-refractivity contribution in [2.45, 2.75) is 30.8 Å². The van der Waals surface area contributed by atoms with E-state index in [1.54, 1.807) is 12.1 Å². The third-order valence-corrected chi connectivity index (χ3v) is 8.44. The Morgan fingerprint density at radius 2 is 1.81 bits per heavy atom. The van der Waals surface area contributed by atoms with Gasteiger partial charge in [0.05, 0.1) is 35.2 Å². The second-order valence-electron chi connectivity index (χ2n) is 7.64. The Morgan fingerprint density at radius 1 is 1.13 bits per heavy atom. The van der Waals surface area contributed by atoms with Gasteiger partial charge in [-0.1, -0.05) is 53.7 Å². The molecule has 0 saturated carbocycles. The molecule has 2 atom stereocenters. The highest BCUT2D eigenvalue weighted by Gasteiger charge is 2.51. The van der Waals surface area contributed by atoms with Gasteiger partial charge in [0.1, 0.15) is 0 Å². The van der Waals surface area contributed by atoms with Crippen LogP contribution in [0.25, 0.3) is 0 Å². The molecule has 31 heavy (non-hydrogen) atoms. The van der Waals surface area contributed by atoms with Gasteiger partial charge in [0.15, 0.2) is 15.0 Å². The fraction of sp³-hybridized carbons (Fsp3) is 0.333. The lowest BCUT2D eigenvalue weighted by Crippen LogP contribution is -2.39. The largest absolute Gasteiger partial charge is 0.418 e. The van der Waals surface area contributed by atoms with Gasteiger partial charge in [-0.15, -0.1) is 0 Å². The van der Waals surface area contributed by atoms with Crippen molar-refractivity contribution in [1.82, 2.24) is 0 Å². The first-order valence-corrected chi connectivity index (χ1v) is 12.2. The monoisotopic (exact) mass is 468 g/mol. The number of halogens is 3. The molecule has 2 aromatic carbocycles. The summed E-state index contributed by atoms with van der Waals surface area (Å²) in [6, 6.07) is 11.6. The average Bonchev–Trinajstić information content (AvgIpc) is 3.13. The number of anilines is 1. The number of thioether (sulfide) groups is 1. The van der Waals surface area contributed by atoms with Gasteiger partial charge in [-0.25, -0.2) is 8.42 Å². The average molecular weight is 469 g/mol. The highest BCUT2D eigenvalue weighted by Crippen LogP contribution is 2.45. The molecule has 2 fully saturated rings. The van der Waals surface area contributed by atoms with E-state index in [0.717, 1.165) is 29.0 Å². The topological polar surface area (TPSA) is 66.8 Å². The Morgan fingerprint density at radius 3 is 2.48 bits per heavy atom. The van der Waals surface area contributed by atoms with Gasteiger partial charge >= 0.3 is 6.18 Å². The lowest BCUT2D eigenvalue weighted by molar-refractivity contribution is -0.137.